The number of fused-ring (bicyclic) bond motifs is 1. The van der Waals surface area contributed by atoms with E-state index in [1.165, 1.54) is 13.4 Å². The molecule has 1 aromatic heterocycles. The van der Waals surface area contributed by atoms with Crippen molar-refractivity contribution >= 4 is 12.3 Å². The molecule has 0 radical (unpaired) electrons. The van der Waals surface area contributed by atoms with Gasteiger partial charge >= 0.3 is 5.97 Å². The predicted molar refractivity (Wildman–Crippen MR) is 71.1 cm³/mol. The minimum Gasteiger partial charge on any atom is -0.468 e. The summed E-state index contributed by atoms with van der Waals surface area (Å²) in [4.78, 5) is 22.5. The molecule has 108 valence electrons. The molecule has 1 aromatic carbocycles. The number of ether oxygens (including phenoxy) is 3. The second-order valence-corrected chi connectivity index (χ2v) is 4.44. The molecule has 6 nitrogen and oxygen atoms in total. The highest BCUT2D eigenvalue weighted by molar-refractivity contribution is 5.93. The van der Waals surface area contributed by atoms with E-state index in [1.807, 2.05) is 12.1 Å². The maximum absolute atomic E-state index is 11.5. The summed E-state index contributed by atoms with van der Waals surface area (Å²) in [6.45, 7) is 0.199. The normalized spacial score (nSPS) is 13.8. The number of hydrogen-bond donors (Lipinski definition) is 0. The van der Waals surface area contributed by atoms with Crippen LogP contribution in [0, 0.1) is 0 Å². The number of carbonyl (C=O) groups is 2. The van der Waals surface area contributed by atoms with Crippen LogP contribution in [0.25, 0.3) is 11.1 Å². The van der Waals surface area contributed by atoms with E-state index in [0.717, 1.165) is 11.1 Å². The van der Waals surface area contributed by atoms with Gasteiger partial charge in [-0.25, -0.2) is 0 Å². The molecule has 2 aromatic rings. The van der Waals surface area contributed by atoms with Crippen molar-refractivity contribution < 1.29 is 28.2 Å². The van der Waals surface area contributed by atoms with E-state index in [4.69, 9.17) is 13.9 Å². The van der Waals surface area contributed by atoms with Crippen molar-refractivity contribution in [3.8, 4) is 22.6 Å². The van der Waals surface area contributed by atoms with Crippen LogP contribution in [0.2, 0.25) is 0 Å². The van der Waals surface area contributed by atoms with Crippen LogP contribution < -0.4 is 9.47 Å². The van der Waals surface area contributed by atoms with Gasteiger partial charge in [-0.2, -0.15) is 0 Å². The molecular weight excluding hydrogens is 276 g/mol. The number of furan rings is 1. The topological polar surface area (TPSA) is 75.0 Å². The largest absolute Gasteiger partial charge is 0.468 e. The fraction of sp³-hybridized carbons (Fsp3) is 0.200. The number of esters is 1. The first kappa shape index (κ1) is 13.2. The fourth-order valence-corrected chi connectivity index (χ4v) is 2.11. The Morgan fingerprint density at radius 3 is 2.81 bits per heavy atom. The van der Waals surface area contributed by atoms with Gasteiger partial charge < -0.3 is 23.4 Å². The molecule has 0 aliphatic carbocycles. The van der Waals surface area contributed by atoms with Crippen LogP contribution in [0.15, 0.2) is 34.9 Å². The van der Waals surface area contributed by atoms with Crippen molar-refractivity contribution in [2.45, 2.75) is 5.92 Å². The summed E-state index contributed by atoms with van der Waals surface area (Å²) in [6, 6.07) is 7.08. The molecule has 21 heavy (non-hydrogen) atoms. The highest BCUT2D eigenvalue weighted by atomic mass is 16.7. The zero-order chi connectivity index (χ0) is 14.8. The number of carbonyl (C=O) groups excluding carboxylic acids is 2. The van der Waals surface area contributed by atoms with Crippen LogP contribution in [0.1, 0.15) is 11.7 Å². The van der Waals surface area contributed by atoms with Crippen molar-refractivity contribution in [3.63, 3.8) is 0 Å². The lowest BCUT2D eigenvalue weighted by molar-refractivity contribution is -0.144. The smallest absolute Gasteiger partial charge is 0.323 e. The lowest BCUT2D eigenvalue weighted by atomic mass is 10.0. The van der Waals surface area contributed by atoms with Crippen LogP contribution in [0.3, 0.4) is 0 Å². The number of aldehydes is 1. The van der Waals surface area contributed by atoms with Gasteiger partial charge in [0.25, 0.3) is 0 Å². The zero-order valence-electron chi connectivity index (χ0n) is 11.2. The van der Waals surface area contributed by atoms with Gasteiger partial charge in [0.15, 0.2) is 17.4 Å². The van der Waals surface area contributed by atoms with Gasteiger partial charge in [-0.15, -0.1) is 0 Å². The summed E-state index contributed by atoms with van der Waals surface area (Å²) < 4.78 is 20.4. The van der Waals surface area contributed by atoms with Gasteiger partial charge in [-0.1, -0.05) is 6.07 Å². The molecule has 0 fully saturated rings. The minimum absolute atomic E-state index is 0.199. The zero-order valence-corrected chi connectivity index (χ0v) is 11.2. The molecule has 0 bridgehead atoms. The molecule has 2 heterocycles. The SMILES string of the molecule is COC(=O)C(C=O)c1cc(-c2ccc3c(c2)OCO3)co1. The highest BCUT2D eigenvalue weighted by Gasteiger charge is 2.25. The predicted octanol–water partition coefficient (Wildman–Crippen LogP) is 2.13. The summed E-state index contributed by atoms with van der Waals surface area (Å²) >= 11 is 0. The van der Waals surface area contributed by atoms with Gasteiger partial charge in [0.2, 0.25) is 6.79 Å². The van der Waals surface area contributed by atoms with Gasteiger partial charge in [0.1, 0.15) is 12.0 Å². The third kappa shape index (κ3) is 2.35. The van der Waals surface area contributed by atoms with E-state index in [2.05, 4.69) is 4.74 Å². The summed E-state index contributed by atoms with van der Waals surface area (Å²) in [7, 11) is 1.22. The van der Waals surface area contributed by atoms with E-state index >= 15 is 0 Å². The lowest BCUT2D eigenvalue weighted by Crippen LogP contribution is -2.14. The Bertz CT molecular complexity index is 687. The molecule has 1 atom stereocenters. The standard InChI is InChI=1S/C15H12O6/c1-18-15(17)11(6-16)13-5-10(7-19-13)9-2-3-12-14(4-9)21-8-20-12/h2-7,11H,8H2,1H3. The summed E-state index contributed by atoms with van der Waals surface area (Å²) in [6.07, 6.45) is 1.97. The molecule has 0 N–H and O–H groups in total. The first-order valence-corrected chi connectivity index (χ1v) is 6.24. The highest BCUT2D eigenvalue weighted by Crippen LogP contribution is 2.36. The maximum Gasteiger partial charge on any atom is 0.323 e. The van der Waals surface area contributed by atoms with Crippen LogP contribution in [-0.4, -0.2) is 26.2 Å². The average Bonchev–Trinajstić information content (AvgIpc) is 3.15. The summed E-state index contributed by atoms with van der Waals surface area (Å²) in [5, 5.41) is 0. The number of hydrogen-bond acceptors (Lipinski definition) is 6. The number of benzene rings is 1. The van der Waals surface area contributed by atoms with Crippen LogP contribution in [-0.2, 0) is 14.3 Å². The van der Waals surface area contributed by atoms with E-state index in [9.17, 15) is 9.59 Å². The van der Waals surface area contributed by atoms with Crippen LogP contribution in [0.4, 0.5) is 0 Å². The van der Waals surface area contributed by atoms with Gasteiger partial charge in [-0.05, 0) is 23.8 Å². The monoisotopic (exact) mass is 288 g/mol. The summed E-state index contributed by atoms with van der Waals surface area (Å²) in [5.41, 5.74) is 1.57. The first-order chi connectivity index (χ1) is 10.2. The molecule has 0 saturated heterocycles. The van der Waals surface area contributed by atoms with E-state index < -0.39 is 11.9 Å². The molecular formula is C15H12O6. The number of methoxy groups -OCH3 is 1. The molecule has 3 rings (SSSR count). The third-order valence-electron chi connectivity index (χ3n) is 3.22. The van der Waals surface area contributed by atoms with E-state index in [-0.39, 0.29) is 12.6 Å². The second kappa shape index (κ2) is 5.32. The Morgan fingerprint density at radius 1 is 1.24 bits per heavy atom. The lowest BCUT2D eigenvalue weighted by Gasteiger charge is -2.03. The molecule has 1 aliphatic rings. The Labute approximate surface area is 120 Å². The molecule has 0 saturated carbocycles. The van der Waals surface area contributed by atoms with E-state index in [1.54, 1.807) is 12.1 Å². The van der Waals surface area contributed by atoms with Crippen molar-refractivity contribution in [2.24, 2.45) is 0 Å². The van der Waals surface area contributed by atoms with Crippen molar-refractivity contribution in [1.82, 2.24) is 0 Å². The average molecular weight is 288 g/mol. The Hall–Kier alpha value is -2.76. The van der Waals surface area contributed by atoms with Crippen molar-refractivity contribution in [2.75, 3.05) is 13.9 Å². The van der Waals surface area contributed by atoms with Crippen LogP contribution in [0.5, 0.6) is 11.5 Å². The molecule has 0 spiro atoms. The fourth-order valence-electron chi connectivity index (χ4n) is 2.11. The molecule has 1 aliphatic heterocycles. The quantitative estimate of drug-likeness (QED) is 0.487. The van der Waals surface area contributed by atoms with Crippen molar-refractivity contribution in [3.05, 3.63) is 36.3 Å². The Morgan fingerprint density at radius 2 is 2.05 bits per heavy atom. The second-order valence-electron chi connectivity index (χ2n) is 4.44. The van der Waals surface area contributed by atoms with Gasteiger partial charge in [-0.3, -0.25) is 4.79 Å². The van der Waals surface area contributed by atoms with Crippen molar-refractivity contribution in [1.29, 1.82) is 0 Å². The molecule has 0 amide bonds. The molecule has 6 heteroatoms. The Kier molecular flexibility index (Phi) is 3.35. The third-order valence-corrected chi connectivity index (χ3v) is 3.22. The van der Waals surface area contributed by atoms with Gasteiger partial charge in [0, 0.05) is 5.56 Å². The maximum atomic E-state index is 11.5. The van der Waals surface area contributed by atoms with E-state index in [0.29, 0.717) is 17.8 Å². The van der Waals surface area contributed by atoms with Gasteiger partial charge in [0.05, 0.1) is 13.4 Å². The number of rotatable bonds is 4. The van der Waals surface area contributed by atoms with Crippen LogP contribution >= 0.6 is 0 Å². The summed E-state index contributed by atoms with van der Waals surface area (Å²) in [5.74, 6) is -0.142. The first-order valence-electron chi connectivity index (χ1n) is 6.24. The Balaban J connectivity index is 1.91. The molecule has 1 unspecified atom stereocenters. The minimum atomic E-state index is -1.06.